The van der Waals surface area contributed by atoms with E-state index in [1.807, 2.05) is 6.07 Å². The van der Waals surface area contributed by atoms with Gasteiger partial charge in [-0.1, -0.05) is 0 Å². The van der Waals surface area contributed by atoms with Crippen LogP contribution >= 0.6 is 0 Å². The number of nitrogens with zero attached hydrogens (tertiary/aromatic N) is 1. The van der Waals surface area contributed by atoms with Gasteiger partial charge in [-0.25, -0.2) is 4.39 Å². The summed E-state index contributed by atoms with van der Waals surface area (Å²) in [6, 6.07) is 4.92. The van der Waals surface area contributed by atoms with Crippen LogP contribution in [0.1, 0.15) is 18.4 Å². The van der Waals surface area contributed by atoms with E-state index in [-0.39, 0.29) is 5.82 Å². The third kappa shape index (κ3) is 1.42. The summed E-state index contributed by atoms with van der Waals surface area (Å²) in [7, 11) is 0. The molecule has 1 aromatic carbocycles. The lowest BCUT2D eigenvalue weighted by Gasteiger charge is -2.42. The standard InChI is InChI=1S/C12H15FN2/c13-10-1-2-11(9(5-10)6-14)15-7-12(8-15)3-4-12/h1-2,5H,3-4,6-8,14H2. The molecular weight excluding hydrogens is 191 g/mol. The number of benzene rings is 1. The number of anilines is 1. The molecule has 2 fully saturated rings. The van der Waals surface area contributed by atoms with Crippen LogP contribution in [0.5, 0.6) is 0 Å². The van der Waals surface area contributed by atoms with E-state index >= 15 is 0 Å². The third-order valence-electron chi connectivity index (χ3n) is 3.61. The Morgan fingerprint density at radius 2 is 2.07 bits per heavy atom. The molecule has 0 bridgehead atoms. The molecular formula is C12H15FN2. The Labute approximate surface area is 88.9 Å². The highest BCUT2D eigenvalue weighted by Crippen LogP contribution is 2.54. The maximum atomic E-state index is 13.0. The monoisotopic (exact) mass is 206 g/mol. The molecule has 2 N–H and O–H groups in total. The summed E-state index contributed by atoms with van der Waals surface area (Å²) < 4.78 is 13.0. The Morgan fingerprint density at radius 3 is 2.67 bits per heavy atom. The molecule has 0 radical (unpaired) electrons. The fourth-order valence-electron chi connectivity index (χ4n) is 2.45. The zero-order valence-corrected chi connectivity index (χ0v) is 8.67. The predicted octanol–water partition coefficient (Wildman–Crippen LogP) is 1.88. The normalized spacial score (nSPS) is 21.6. The van der Waals surface area contributed by atoms with Gasteiger partial charge in [0.15, 0.2) is 0 Å². The van der Waals surface area contributed by atoms with E-state index in [1.54, 1.807) is 6.07 Å². The smallest absolute Gasteiger partial charge is 0.123 e. The van der Waals surface area contributed by atoms with Gasteiger partial charge in [-0.2, -0.15) is 0 Å². The lowest BCUT2D eigenvalue weighted by Crippen LogP contribution is -2.48. The van der Waals surface area contributed by atoms with Crippen LogP contribution in [-0.2, 0) is 6.54 Å². The van der Waals surface area contributed by atoms with Crippen molar-refractivity contribution in [2.45, 2.75) is 19.4 Å². The van der Waals surface area contributed by atoms with E-state index in [0.29, 0.717) is 12.0 Å². The van der Waals surface area contributed by atoms with E-state index in [9.17, 15) is 4.39 Å². The van der Waals surface area contributed by atoms with Crippen LogP contribution in [0.2, 0.25) is 0 Å². The average Bonchev–Trinajstić information content (AvgIpc) is 2.95. The second-order valence-electron chi connectivity index (χ2n) is 4.83. The second kappa shape index (κ2) is 2.95. The molecule has 2 nitrogen and oxygen atoms in total. The molecule has 1 saturated heterocycles. The molecule has 3 rings (SSSR count). The molecule has 0 aromatic heterocycles. The number of hydrogen-bond donors (Lipinski definition) is 1. The topological polar surface area (TPSA) is 29.3 Å². The van der Waals surface area contributed by atoms with E-state index in [2.05, 4.69) is 4.90 Å². The third-order valence-corrected chi connectivity index (χ3v) is 3.61. The molecule has 0 unspecified atom stereocenters. The minimum atomic E-state index is -0.194. The molecule has 2 aliphatic rings. The molecule has 0 amide bonds. The largest absolute Gasteiger partial charge is 0.370 e. The lowest BCUT2D eigenvalue weighted by atomic mass is 9.95. The number of rotatable bonds is 2. The predicted molar refractivity (Wildman–Crippen MR) is 58.2 cm³/mol. The van der Waals surface area contributed by atoms with Crippen LogP contribution in [0.3, 0.4) is 0 Å². The van der Waals surface area contributed by atoms with E-state index in [0.717, 1.165) is 24.3 Å². The Bertz CT molecular complexity index is 391. The molecule has 1 aromatic rings. The minimum absolute atomic E-state index is 0.194. The summed E-state index contributed by atoms with van der Waals surface area (Å²) in [6.45, 7) is 2.67. The molecule has 1 aliphatic carbocycles. The fraction of sp³-hybridized carbons (Fsp3) is 0.500. The van der Waals surface area contributed by atoms with Crippen molar-refractivity contribution < 1.29 is 4.39 Å². The average molecular weight is 206 g/mol. The second-order valence-corrected chi connectivity index (χ2v) is 4.83. The van der Waals surface area contributed by atoms with Crippen molar-refractivity contribution in [1.29, 1.82) is 0 Å². The van der Waals surface area contributed by atoms with Gasteiger partial charge >= 0.3 is 0 Å². The van der Waals surface area contributed by atoms with Crippen LogP contribution < -0.4 is 10.6 Å². The zero-order chi connectivity index (χ0) is 10.5. The van der Waals surface area contributed by atoms with Crippen molar-refractivity contribution in [2.75, 3.05) is 18.0 Å². The van der Waals surface area contributed by atoms with Crippen molar-refractivity contribution in [3.8, 4) is 0 Å². The first-order chi connectivity index (χ1) is 7.22. The highest BCUT2D eigenvalue weighted by molar-refractivity contribution is 5.57. The molecule has 1 heterocycles. The fourth-order valence-corrected chi connectivity index (χ4v) is 2.45. The molecule has 1 aliphatic heterocycles. The van der Waals surface area contributed by atoms with Gasteiger partial charge in [0, 0.05) is 30.7 Å². The maximum absolute atomic E-state index is 13.0. The van der Waals surface area contributed by atoms with Gasteiger partial charge in [0.05, 0.1) is 0 Å². The molecule has 15 heavy (non-hydrogen) atoms. The first-order valence-corrected chi connectivity index (χ1v) is 5.46. The quantitative estimate of drug-likeness (QED) is 0.800. The van der Waals surface area contributed by atoms with E-state index in [4.69, 9.17) is 5.73 Å². The van der Waals surface area contributed by atoms with Gasteiger partial charge in [-0.3, -0.25) is 0 Å². The van der Waals surface area contributed by atoms with Crippen LogP contribution in [0, 0.1) is 11.2 Å². The first kappa shape index (κ1) is 9.16. The number of hydrogen-bond acceptors (Lipinski definition) is 2. The van der Waals surface area contributed by atoms with Gasteiger partial charge in [-0.05, 0) is 36.6 Å². The summed E-state index contributed by atoms with van der Waals surface area (Å²) in [4.78, 5) is 2.31. The Morgan fingerprint density at radius 1 is 1.33 bits per heavy atom. The molecule has 80 valence electrons. The van der Waals surface area contributed by atoms with Crippen LogP contribution in [0.15, 0.2) is 18.2 Å². The van der Waals surface area contributed by atoms with Crippen molar-refractivity contribution in [1.82, 2.24) is 0 Å². The number of nitrogens with two attached hydrogens (primary N) is 1. The summed E-state index contributed by atoms with van der Waals surface area (Å²) in [6.07, 6.45) is 2.73. The van der Waals surface area contributed by atoms with E-state index < -0.39 is 0 Å². The molecule has 1 saturated carbocycles. The van der Waals surface area contributed by atoms with E-state index in [1.165, 1.54) is 18.9 Å². The van der Waals surface area contributed by atoms with Gasteiger partial charge < -0.3 is 10.6 Å². The van der Waals surface area contributed by atoms with Crippen molar-refractivity contribution in [3.63, 3.8) is 0 Å². The number of halogens is 1. The summed E-state index contributed by atoms with van der Waals surface area (Å²) in [5.74, 6) is -0.194. The van der Waals surface area contributed by atoms with Gasteiger partial charge in [-0.15, -0.1) is 0 Å². The van der Waals surface area contributed by atoms with Gasteiger partial charge in [0.2, 0.25) is 0 Å². The SMILES string of the molecule is NCc1cc(F)ccc1N1CC2(CC2)C1. The molecule has 0 atom stereocenters. The van der Waals surface area contributed by atoms with Gasteiger partial charge in [0.1, 0.15) is 5.82 Å². The summed E-state index contributed by atoms with van der Waals surface area (Å²) in [5, 5.41) is 0. The van der Waals surface area contributed by atoms with Crippen molar-refractivity contribution in [3.05, 3.63) is 29.6 Å². The summed E-state index contributed by atoms with van der Waals surface area (Å²) >= 11 is 0. The highest BCUT2D eigenvalue weighted by Gasteiger charge is 2.52. The Kier molecular flexibility index (Phi) is 1.80. The van der Waals surface area contributed by atoms with Crippen LogP contribution in [-0.4, -0.2) is 13.1 Å². The van der Waals surface area contributed by atoms with Crippen molar-refractivity contribution >= 4 is 5.69 Å². The van der Waals surface area contributed by atoms with Crippen molar-refractivity contribution in [2.24, 2.45) is 11.1 Å². The Hall–Kier alpha value is -1.09. The lowest BCUT2D eigenvalue weighted by molar-refractivity contribution is 0.386. The van der Waals surface area contributed by atoms with Crippen LogP contribution in [0.4, 0.5) is 10.1 Å². The van der Waals surface area contributed by atoms with Gasteiger partial charge in [0.25, 0.3) is 0 Å². The van der Waals surface area contributed by atoms with Crippen LogP contribution in [0.25, 0.3) is 0 Å². The summed E-state index contributed by atoms with van der Waals surface area (Å²) in [5.41, 5.74) is 8.29. The first-order valence-electron chi connectivity index (χ1n) is 5.46. The molecule has 3 heteroatoms. The minimum Gasteiger partial charge on any atom is -0.370 e. The maximum Gasteiger partial charge on any atom is 0.123 e. The molecule has 1 spiro atoms. The zero-order valence-electron chi connectivity index (χ0n) is 8.67. The highest BCUT2D eigenvalue weighted by atomic mass is 19.1. The Balaban J connectivity index is 1.84.